The number of nitrogens with zero attached hydrogens (tertiary/aromatic N) is 4. The average molecular weight is 305 g/mol. The Morgan fingerprint density at radius 3 is 2.76 bits per heavy atom. The number of halogens is 1. The van der Waals surface area contributed by atoms with Crippen LogP contribution in [-0.4, -0.2) is 34.1 Å². The molecule has 0 aliphatic heterocycles. The van der Waals surface area contributed by atoms with Crippen LogP contribution in [0.1, 0.15) is 31.7 Å². The molecule has 0 radical (unpaired) electrons. The van der Waals surface area contributed by atoms with E-state index in [4.69, 9.17) is 16.9 Å². The zero-order valence-corrected chi connectivity index (χ0v) is 13.4. The van der Waals surface area contributed by atoms with Gasteiger partial charge >= 0.3 is 0 Å². The van der Waals surface area contributed by atoms with Gasteiger partial charge in [-0.25, -0.2) is 4.98 Å². The van der Waals surface area contributed by atoms with Gasteiger partial charge in [-0.05, 0) is 37.7 Å². The molecule has 2 rings (SSSR count). The number of likely N-dealkylation sites (N-methyl/N-ethyl adjacent to an activating group) is 1. The van der Waals surface area contributed by atoms with E-state index in [1.807, 2.05) is 12.1 Å². The van der Waals surface area contributed by atoms with Crippen LogP contribution in [0, 0.1) is 11.3 Å². The number of hydrogen-bond donors (Lipinski definition) is 0. The Balaban J connectivity index is 2.30. The van der Waals surface area contributed by atoms with Crippen LogP contribution in [0.25, 0.3) is 11.0 Å². The van der Waals surface area contributed by atoms with E-state index >= 15 is 0 Å². The van der Waals surface area contributed by atoms with Gasteiger partial charge in [0.1, 0.15) is 5.82 Å². The Hall–Kier alpha value is -1.57. The van der Waals surface area contributed by atoms with Crippen molar-refractivity contribution in [3.05, 3.63) is 29.6 Å². The highest BCUT2D eigenvalue weighted by Gasteiger charge is 2.11. The topological polar surface area (TPSA) is 44.9 Å². The van der Waals surface area contributed by atoms with Crippen molar-refractivity contribution in [1.82, 2.24) is 14.5 Å². The zero-order chi connectivity index (χ0) is 15.2. The van der Waals surface area contributed by atoms with Crippen molar-refractivity contribution >= 4 is 22.6 Å². The lowest BCUT2D eigenvalue weighted by molar-refractivity contribution is 0.277. The third-order valence-corrected chi connectivity index (χ3v) is 3.94. The zero-order valence-electron chi connectivity index (χ0n) is 12.6. The van der Waals surface area contributed by atoms with E-state index < -0.39 is 0 Å². The number of rotatable bonds is 7. The highest BCUT2D eigenvalue weighted by Crippen LogP contribution is 2.19. The third-order valence-electron chi connectivity index (χ3n) is 3.70. The molecule has 0 aliphatic carbocycles. The van der Waals surface area contributed by atoms with Crippen molar-refractivity contribution in [2.75, 3.05) is 19.6 Å². The third kappa shape index (κ3) is 3.55. The fraction of sp³-hybridized carbons (Fsp3) is 0.500. The van der Waals surface area contributed by atoms with Gasteiger partial charge in [0.05, 0.1) is 28.5 Å². The van der Waals surface area contributed by atoms with E-state index in [-0.39, 0.29) is 0 Å². The Bertz CT molecular complexity index is 641. The van der Waals surface area contributed by atoms with Gasteiger partial charge in [0.25, 0.3) is 0 Å². The maximum Gasteiger partial charge on any atom is 0.124 e. The number of hydrogen-bond acceptors (Lipinski definition) is 3. The number of aromatic nitrogens is 2. The molecule has 0 fully saturated rings. The smallest absolute Gasteiger partial charge is 0.124 e. The van der Waals surface area contributed by atoms with Crippen LogP contribution in [-0.2, 0) is 12.4 Å². The van der Waals surface area contributed by atoms with Crippen molar-refractivity contribution in [2.24, 2.45) is 0 Å². The predicted molar refractivity (Wildman–Crippen MR) is 86.4 cm³/mol. The summed E-state index contributed by atoms with van der Waals surface area (Å²) in [6, 6.07) is 7.77. The minimum Gasteiger partial charge on any atom is -0.326 e. The molecule has 5 heteroatoms. The highest BCUT2D eigenvalue weighted by atomic mass is 35.5. The fourth-order valence-corrected chi connectivity index (χ4v) is 2.78. The van der Waals surface area contributed by atoms with E-state index in [2.05, 4.69) is 34.4 Å². The number of benzene rings is 1. The van der Waals surface area contributed by atoms with Gasteiger partial charge in [-0.3, -0.25) is 0 Å². The van der Waals surface area contributed by atoms with Crippen molar-refractivity contribution in [3.63, 3.8) is 0 Å². The molecule has 0 amide bonds. The Kier molecular flexibility index (Phi) is 5.60. The summed E-state index contributed by atoms with van der Waals surface area (Å²) in [4.78, 5) is 6.97. The van der Waals surface area contributed by atoms with Gasteiger partial charge in [0, 0.05) is 13.1 Å². The summed E-state index contributed by atoms with van der Waals surface area (Å²) in [5, 5.41) is 9.06. The first-order chi connectivity index (χ1) is 10.2. The summed E-state index contributed by atoms with van der Waals surface area (Å²) in [5.74, 6) is 1.26. The summed E-state index contributed by atoms with van der Waals surface area (Å²) >= 11 is 6.03. The molecule has 0 saturated carbocycles. The van der Waals surface area contributed by atoms with Crippen molar-refractivity contribution in [1.29, 1.82) is 5.26 Å². The van der Waals surface area contributed by atoms with E-state index in [0.29, 0.717) is 11.4 Å². The molecular weight excluding hydrogens is 284 g/mol. The van der Waals surface area contributed by atoms with Gasteiger partial charge in [-0.1, -0.05) is 13.8 Å². The Morgan fingerprint density at radius 2 is 2.14 bits per heavy atom. The molecule has 0 N–H and O–H groups in total. The van der Waals surface area contributed by atoms with Gasteiger partial charge in [-0.2, -0.15) is 5.26 Å². The quantitative estimate of drug-likeness (QED) is 0.737. The second-order valence-corrected chi connectivity index (χ2v) is 5.33. The number of alkyl halides is 1. The van der Waals surface area contributed by atoms with Crippen molar-refractivity contribution in [2.45, 2.75) is 32.7 Å². The summed E-state index contributed by atoms with van der Waals surface area (Å²) in [6.07, 6.45) is 1.15. The van der Waals surface area contributed by atoms with Crippen LogP contribution in [0.3, 0.4) is 0 Å². The standard InChI is InChI=1S/C16H21ClN4/c1-3-7-20(4-2)8-9-21-15-10-13(12-18)5-6-14(15)19-16(21)11-17/h5-6,10H,3-4,7-9,11H2,1-2H3. The van der Waals surface area contributed by atoms with Gasteiger partial charge in [-0.15, -0.1) is 11.6 Å². The van der Waals surface area contributed by atoms with Gasteiger partial charge in [0.15, 0.2) is 0 Å². The molecule has 0 spiro atoms. The monoisotopic (exact) mass is 304 g/mol. The van der Waals surface area contributed by atoms with Gasteiger partial charge in [0.2, 0.25) is 0 Å². The maximum atomic E-state index is 9.06. The minimum atomic E-state index is 0.385. The normalized spacial score (nSPS) is 11.2. The minimum absolute atomic E-state index is 0.385. The molecule has 21 heavy (non-hydrogen) atoms. The number of fused-ring (bicyclic) bond motifs is 1. The number of imidazole rings is 1. The predicted octanol–water partition coefficient (Wildman–Crippen LogP) is 3.38. The van der Waals surface area contributed by atoms with Gasteiger partial charge < -0.3 is 9.47 Å². The van der Waals surface area contributed by atoms with Crippen molar-refractivity contribution in [3.8, 4) is 6.07 Å². The van der Waals surface area contributed by atoms with E-state index in [9.17, 15) is 0 Å². The van der Waals surface area contributed by atoms with Crippen LogP contribution >= 0.6 is 11.6 Å². The molecule has 2 aromatic rings. The van der Waals surface area contributed by atoms with Crippen LogP contribution < -0.4 is 0 Å². The lowest BCUT2D eigenvalue weighted by atomic mass is 10.2. The molecule has 112 valence electrons. The van der Waals surface area contributed by atoms with Crippen LogP contribution in [0.15, 0.2) is 18.2 Å². The van der Waals surface area contributed by atoms with Crippen LogP contribution in [0.4, 0.5) is 0 Å². The lowest BCUT2D eigenvalue weighted by Crippen LogP contribution is -2.28. The second-order valence-electron chi connectivity index (χ2n) is 5.06. The van der Waals surface area contributed by atoms with Crippen LogP contribution in [0.5, 0.6) is 0 Å². The highest BCUT2D eigenvalue weighted by molar-refractivity contribution is 6.16. The van der Waals surface area contributed by atoms with E-state index in [0.717, 1.165) is 49.5 Å². The summed E-state index contributed by atoms with van der Waals surface area (Å²) in [5.41, 5.74) is 2.56. The van der Waals surface area contributed by atoms with E-state index in [1.54, 1.807) is 6.07 Å². The molecule has 0 unspecified atom stereocenters. The van der Waals surface area contributed by atoms with Crippen LogP contribution in [0.2, 0.25) is 0 Å². The fourth-order valence-electron chi connectivity index (χ4n) is 2.58. The molecule has 1 aromatic carbocycles. The van der Waals surface area contributed by atoms with Crippen molar-refractivity contribution < 1.29 is 0 Å². The molecule has 1 aromatic heterocycles. The molecule has 4 nitrogen and oxygen atoms in total. The number of nitriles is 1. The Morgan fingerprint density at radius 1 is 1.33 bits per heavy atom. The summed E-state index contributed by atoms with van der Waals surface area (Å²) < 4.78 is 2.14. The lowest BCUT2D eigenvalue weighted by Gasteiger charge is -2.20. The molecule has 0 atom stereocenters. The molecule has 0 bridgehead atoms. The second kappa shape index (κ2) is 7.44. The largest absolute Gasteiger partial charge is 0.326 e. The molecular formula is C16H21ClN4. The van der Waals surface area contributed by atoms with E-state index in [1.165, 1.54) is 0 Å². The molecule has 1 heterocycles. The maximum absolute atomic E-state index is 9.06. The molecule has 0 saturated heterocycles. The summed E-state index contributed by atoms with van der Waals surface area (Å²) in [7, 11) is 0. The first-order valence-electron chi connectivity index (χ1n) is 7.41. The first kappa shape index (κ1) is 15.8. The average Bonchev–Trinajstić information content (AvgIpc) is 2.88. The summed E-state index contributed by atoms with van der Waals surface area (Å²) in [6.45, 7) is 8.33. The Labute approximate surface area is 130 Å². The molecule has 0 aliphatic rings. The first-order valence-corrected chi connectivity index (χ1v) is 7.94. The SMILES string of the molecule is CCCN(CC)CCn1c(CCl)nc2ccc(C#N)cc21.